The Morgan fingerprint density at radius 2 is 2.18 bits per heavy atom. The number of aromatic nitrogens is 2. The lowest BCUT2D eigenvalue weighted by Crippen LogP contribution is -2.12. The fraction of sp³-hybridized carbons (Fsp3) is 0.385. The molecule has 1 aliphatic rings. The number of hydrogen-bond donors (Lipinski definition) is 1. The van der Waals surface area contributed by atoms with Crippen LogP contribution >= 0.6 is 0 Å². The Bertz CT molecular complexity index is 515. The van der Waals surface area contributed by atoms with E-state index in [0.717, 1.165) is 24.1 Å². The van der Waals surface area contributed by atoms with Gasteiger partial charge in [-0.2, -0.15) is 0 Å². The van der Waals surface area contributed by atoms with Gasteiger partial charge in [0.1, 0.15) is 0 Å². The summed E-state index contributed by atoms with van der Waals surface area (Å²) in [6, 6.07) is 8.29. The summed E-state index contributed by atoms with van der Waals surface area (Å²) in [4.78, 5) is 0. The zero-order valence-electron chi connectivity index (χ0n) is 9.81. The van der Waals surface area contributed by atoms with Gasteiger partial charge >= 0.3 is 0 Å². The minimum absolute atomic E-state index is 0.236. The number of benzene rings is 1. The summed E-state index contributed by atoms with van der Waals surface area (Å²) in [5.41, 5.74) is 2.17. The first-order valence-corrected chi connectivity index (χ1v) is 5.97. The van der Waals surface area contributed by atoms with Crippen LogP contribution in [-0.2, 0) is 0 Å². The van der Waals surface area contributed by atoms with E-state index in [-0.39, 0.29) is 6.04 Å². The highest BCUT2D eigenvalue weighted by atomic mass is 16.4. The van der Waals surface area contributed by atoms with Gasteiger partial charge in [-0.25, -0.2) is 0 Å². The normalized spacial score (nSPS) is 19.7. The first-order valence-electron chi connectivity index (χ1n) is 5.97. The summed E-state index contributed by atoms with van der Waals surface area (Å²) >= 11 is 0. The largest absolute Gasteiger partial charge is 0.419 e. The fourth-order valence-electron chi connectivity index (χ4n) is 2.19. The molecule has 2 aromatic rings. The number of nitrogens with one attached hydrogen (secondary N) is 1. The molecule has 1 unspecified atom stereocenters. The fourth-order valence-corrected chi connectivity index (χ4v) is 2.19. The van der Waals surface area contributed by atoms with Gasteiger partial charge in [-0.1, -0.05) is 18.2 Å². The van der Waals surface area contributed by atoms with Crippen molar-refractivity contribution in [3.8, 4) is 11.5 Å². The molecule has 4 nitrogen and oxygen atoms in total. The lowest BCUT2D eigenvalue weighted by atomic mass is 10.1. The molecule has 0 bridgehead atoms. The third-order valence-corrected chi connectivity index (χ3v) is 3.17. The van der Waals surface area contributed by atoms with E-state index in [2.05, 4.69) is 15.5 Å². The van der Waals surface area contributed by atoms with Gasteiger partial charge in [0.25, 0.3) is 0 Å². The van der Waals surface area contributed by atoms with Crippen LogP contribution in [0.2, 0.25) is 0 Å². The van der Waals surface area contributed by atoms with E-state index in [9.17, 15) is 0 Å². The van der Waals surface area contributed by atoms with Crippen molar-refractivity contribution in [2.24, 2.45) is 0 Å². The van der Waals surface area contributed by atoms with E-state index >= 15 is 0 Å². The lowest BCUT2D eigenvalue weighted by Gasteiger charge is -2.03. The molecule has 1 aliphatic heterocycles. The average molecular weight is 229 g/mol. The van der Waals surface area contributed by atoms with Crippen molar-refractivity contribution in [3.05, 3.63) is 35.7 Å². The van der Waals surface area contributed by atoms with Gasteiger partial charge in [-0.05, 0) is 37.9 Å². The van der Waals surface area contributed by atoms with Crippen molar-refractivity contribution in [3.63, 3.8) is 0 Å². The van der Waals surface area contributed by atoms with Crippen LogP contribution in [0, 0.1) is 6.92 Å². The maximum Gasteiger partial charge on any atom is 0.248 e. The molecule has 1 aromatic heterocycles. The maximum atomic E-state index is 5.75. The molecule has 1 atom stereocenters. The van der Waals surface area contributed by atoms with Crippen LogP contribution in [0.5, 0.6) is 0 Å². The van der Waals surface area contributed by atoms with Gasteiger partial charge in [0.2, 0.25) is 11.8 Å². The van der Waals surface area contributed by atoms with Crippen LogP contribution in [0.3, 0.4) is 0 Å². The van der Waals surface area contributed by atoms with Crippen molar-refractivity contribution in [2.45, 2.75) is 25.8 Å². The van der Waals surface area contributed by atoms with E-state index in [1.807, 2.05) is 31.2 Å². The van der Waals surface area contributed by atoms with E-state index in [1.54, 1.807) is 0 Å². The Labute approximate surface area is 100 Å². The highest BCUT2D eigenvalue weighted by Gasteiger charge is 2.22. The van der Waals surface area contributed by atoms with Crippen LogP contribution in [0.25, 0.3) is 11.5 Å². The van der Waals surface area contributed by atoms with E-state index in [1.165, 1.54) is 6.42 Å². The predicted octanol–water partition coefficient (Wildman–Crippen LogP) is 2.47. The molecular weight excluding hydrogens is 214 g/mol. The van der Waals surface area contributed by atoms with Crippen LogP contribution < -0.4 is 5.32 Å². The minimum atomic E-state index is 0.236. The second-order valence-corrected chi connectivity index (χ2v) is 4.41. The van der Waals surface area contributed by atoms with Gasteiger partial charge < -0.3 is 9.73 Å². The zero-order chi connectivity index (χ0) is 11.7. The molecule has 0 spiro atoms. The van der Waals surface area contributed by atoms with Crippen LogP contribution in [0.4, 0.5) is 0 Å². The molecular formula is C13H15N3O. The Hall–Kier alpha value is -1.68. The van der Waals surface area contributed by atoms with Gasteiger partial charge in [-0.15, -0.1) is 10.2 Å². The zero-order valence-corrected chi connectivity index (χ0v) is 9.81. The topological polar surface area (TPSA) is 51.0 Å². The summed E-state index contributed by atoms with van der Waals surface area (Å²) in [6.45, 7) is 3.08. The van der Waals surface area contributed by atoms with E-state index in [0.29, 0.717) is 11.8 Å². The summed E-state index contributed by atoms with van der Waals surface area (Å²) < 4.78 is 5.75. The van der Waals surface area contributed by atoms with Crippen LogP contribution in [0.1, 0.15) is 30.3 Å². The first-order chi connectivity index (χ1) is 8.34. The quantitative estimate of drug-likeness (QED) is 0.859. The Balaban J connectivity index is 1.92. The third kappa shape index (κ3) is 1.96. The molecule has 3 rings (SSSR count). The van der Waals surface area contributed by atoms with Crippen molar-refractivity contribution < 1.29 is 4.42 Å². The molecule has 88 valence electrons. The number of aryl methyl sites for hydroxylation is 1. The molecule has 1 saturated heterocycles. The monoisotopic (exact) mass is 229 g/mol. The smallest absolute Gasteiger partial charge is 0.248 e. The Morgan fingerprint density at radius 1 is 1.29 bits per heavy atom. The lowest BCUT2D eigenvalue weighted by molar-refractivity contribution is 0.437. The second-order valence-electron chi connectivity index (χ2n) is 4.41. The van der Waals surface area contributed by atoms with E-state index < -0.39 is 0 Å². The highest BCUT2D eigenvalue weighted by Crippen LogP contribution is 2.26. The minimum Gasteiger partial charge on any atom is -0.419 e. The molecule has 1 fully saturated rings. The van der Waals surface area contributed by atoms with Gasteiger partial charge in [0.15, 0.2) is 0 Å². The van der Waals surface area contributed by atoms with Crippen LogP contribution in [-0.4, -0.2) is 16.7 Å². The molecule has 0 radical (unpaired) electrons. The molecule has 17 heavy (non-hydrogen) atoms. The Kier molecular flexibility index (Phi) is 2.65. The molecule has 1 aromatic carbocycles. The summed E-state index contributed by atoms with van der Waals surface area (Å²) in [5, 5.41) is 11.6. The van der Waals surface area contributed by atoms with Crippen molar-refractivity contribution in [1.29, 1.82) is 0 Å². The maximum absolute atomic E-state index is 5.75. The van der Waals surface area contributed by atoms with Crippen molar-refractivity contribution >= 4 is 0 Å². The molecule has 2 heterocycles. The van der Waals surface area contributed by atoms with Gasteiger partial charge in [-0.3, -0.25) is 0 Å². The van der Waals surface area contributed by atoms with Crippen molar-refractivity contribution in [1.82, 2.24) is 15.5 Å². The standard InChI is InChI=1S/C13H15N3O/c1-9-5-2-3-6-10(9)12-15-16-13(17-12)11-7-4-8-14-11/h2-3,5-6,11,14H,4,7-8H2,1H3. The summed E-state index contributed by atoms with van der Waals surface area (Å²) in [5.74, 6) is 1.33. The first kappa shape index (κ1) is 10.5. The predicted molar refractivity (Wildman–Crippen MR) is 64.4 cm³/mol. The summed E-state index contributed by atoms with van der Waals surface area (Å²) in [6.07, 6.45) is 2.25. The Morgan fingerprint density at radius 3 is 2.94 bits per heavy atom. The molecule has 0 saturated carbocycles. The molecule has 0 aliphatic carbocycles. The van der Waals surface area contributed by atoms with Crippen molar-refractivity contribution in [2.75, 3.05) is 6.54 Å². The highest BCUT2D eigenvalue weighted by molar-refractivity contribution is 5.57. The number of rotatable bonds is 2. The summed E-state index contributed by atoms with van der Waals surface area (Å²) in [7, 11) is 0. The van der Waals surface area contributed by atoms with Gasteiger partial charge in [0, 0.05) is 5.56 Å². The number of nitrogens with zero attached hydrogens (tertiary/aromatic N) is 2. The molecule has 1 N–H and O–H groups in total. The van der Waals surface area contributed by atoms with Gasteiger partial charge in [0.05, 0.1) is 6.04 Å². The molecule has 0 amide bonds. The molecule has 4 heteroatoms. The van der Waals surface area contributed by atoms with E-state index in [4.69, 9.17) is 4.42 Å². The average Bonchev–Trinajstić information content (AvgIpc) is 3.00. The second kappa shape index (κ2) is 4.30. The SMILES string of the molecule is Cc1ccccc1-c1nnc(C2CCCN2)o1. The van der Waals surface area contributed by atoms with Crippen LogP contribution in [0.15, 0.2) is 28.7 Å². The third-order valence-electron chi connectivity index (χ3n) is 3.17. The number of hydrogen-bond acceptors (Lipinski definition) is 4.